The topological polar surface area (TPSA) is 108 Å². The number of pyridine rings is 2. The van der Waals surface area contributed by atoms with Crippen molar-refractivity contribution < 1.29 is 9.59 Å². The average molecular weight is 751 g/mol. The molecule has 0 fully saturated rings. The number of unbranched alkanes of at least 4 members (excludes halogenated alkanes) is 2. The molecule has 0 spiro atoms. The number of hydrogen-bond donors (Lipinski definition) is 4. The normalized spacial score (nSPS) is 12.4. The minimum atomic E-state index is -0.496. The zero-order valence-electron chi connectivity index (χ0n) is 31.8. The van der Waals surface area contributed by atoms with Gasteiger partial charge in [-0.2, -0.15) is 0 Å². The van der Waals surface area contributed by atoms with Crippen molar-refractivity contribution in [3.63, 3.8) is 0 Å². The lowest BCUT2D eigenvalue weighted by Crippen LogP contribution is -2.42. The lowest BCUT2D eigenvalue weighted by molar-refractivity contribution is -0.122. The molecule has 0 saturated heterocycles. The van der Waals surface area contributed by atoms with Gasteiger partial charge in [-0.3, -0.25) is 9.59 Å². The van der Waals surface area contributed by atoms with Crippen LogP contribution in [0.3, 0.4) is 0 Å². The van der Waals surface area contributed by atoms with E-state index in [4.69, 9.17) is 9.97 Å². The predicted octanol–water partition coefficient (Wildman–Crippen LogP) is 9.24. The van der Waals surface area contributed by atoms with Gasteiger partial charge in [0.1, 0.15) is 12.1 Å². The fourth-order valence-electron chi connectivity index (χ4n) is 7.55. The molecule has 0 aliphatic heterocycles. The molecule has 0 aliphatic rings. The Kier molecular flexibility index (Phi) is 11.6. The second kappa shape index (κ2) is 17.8. The van der Waals surface area contributed by atoms with Crippen LogP contribution >= 0.6 is 0 Å². The molecule has 0 radical (unpaired) electrons. The quantitative estimate of drug-likeness (QED) is 0.0580. The summed E-state index contributed by atoms with van der Waals surface area (Å²) in [5, 5.41) is 17.6. The average Bonchev–Trinajstić information content (AvgIpc) is 3.25. The Bertz CT molecular complexity index is 2340. The fourth-order valence-corrected chi connectivity index (χ4v) is 7.55. The molecule has 57 heavy (non-hydrogen) atoms. The first-order valence-electron chi connectivity index (χ1n) is 19.8. The molecule has 284 valence electrons. The number of rotatable bonds is 16. The highest BCUT2D eigenvalue weighted by molar-refractivity contribution is 6.09. The SMILES string of the molecule is O=C(NCCCCCNC(=O)[C@H](Cc1ccccc1)Nc1c2ccccc2nc2ccccc12)[C@H](Cc1ccccc1)Nc1c2ccccc2nc2ccccc12. The largest absolute Gasteiger partial charge is 0.372 e. The monoisotopic (exact) mass is 750 g/mol. The van der Waals surface area contributed by atoms with Crippen LogP contribution in [-0.4, -0.2) is 47.0 Å². The number of hydrogen-bond acceptors (Lipinski definition) is 6. The van der Waals surface area contributed by atoms with Crippen LogP contribution < -0.4 is 21.3 Å². The molecule has 2 atom stereocenters. The molecule has 2 heterocycles. The summed E-state index contributed by atoms with van der Waals surface area (Å²) in [5.74, 6) is -0.105. The Morgan fingerprint density at radius 1 is 0.404 bits per heavy atom. The maximum Gasteiger partial charge on any atom is 0.242 e. The summed E-state index contributed by atoms with van der Waals surface area (Å²) in [4.78, 5) is 37.5. The Morgan fingerprint density at radius 2 is 0.719 bits per heavy atom. The molecular formula is C49H46N6O2. The van der Waals surface area contributed by atoms with Gasteiger partial charge in [-0.1, -0.05) is 133 Å². The van der Waals surface area contributed by atoms with E-state index in [1.165, 1.54) is 0 Å². The van der Waals surface area contributed by atoms with Gasteiger partial charge in [0.05, 0.1) is 33.4 Å². The Labute approximate surface area is 332 Å². The fraction of sp³-hybridized carbons (Fsp3) is 0.184. The van der Waals surface area contributed by atoms with Crippen molar-refractivity contribution in [3.8, 4) is 0 Å². The first kappa shape index (κ1) is 37.1. The molecule has 0 aliphatic carbocycles. The molecule has 2 aromatic heterocycles. The molecular weight excluding hydrogens is 705 g/mol. The van der Waals surface area contributed by atoms with E-state index in [0.717, 1.165) is 85.4 Å². The third-order valence-electron chi connectivity index (χ3n) is 10.5. The highest BCUT2D eigenvalue weighted by atomic mass is 16.2. The van der Waals surface area contributed by atoms with Crippen LogP contribution in [0, 0.1) is 0 Å². The summed E-state index contributed by atoms with van der Waals surface area (Å²) in [5.41, 5.74) is 7.50. The number of amides is 2. The van der Waals surface area contributed by atoms with Crippen LogP contribution in [0.4, 0.5) is 11.4 Å². The number of aromatic nitrogens is 2. The Morgan fingerprint density at radius 3 is 1.07 bits per heavy atom. The van der Waals surface area contributed by atoms with E-state index in [2.05, 4.69) is 69.8 Å². The lowest BCUT2D eigenvalue weighted by atomic mass is 10.0. The smallest absolute Gasteiger partial charge is 0.242 e. The van der Waals surface area contributed by atoms with Crippen molar-refractivity contribution in [2.24, 2.45) is 0 Å². The van der Waals surface area contributed by atoms with E-state index in [9.17, 15) is 9.59 Å². The second-order valence-electron chi connectivity index (χ2n) is 14.5. The molecule has 6 aromatic carbocycles. The number of fused-ring (bicyclic) bond motifs is 4. The van der Waals surface area contributed by atoms with Crippen molar-refractivity contribution >= 4 is 66.8 Å². The third kappa shape index (κ3) is 8.86. The third-order valence-corrected chi connectivity index (χ3v) is 10.5. The van der Waals surface area contributed by atoms with E-state index >= 15 is 0 Å². The van der Waals surface area contributed by atoms with Crippen LogP contribution in [0.1, 0.15) is 30.4 Å². The number of para-hydroxylation sites is 4. The van der Waals surface area contributed by atoms with E-state index in [0.29, 0.717) is 25.9 Å². The highest BCUT2D eigenvalue weighted by Gasteiger charge is 2.23. The van der Waals surface area contributed by atoms with Crippen molar-refractivity contribution in [3.05, 3.63) is 169 Å². The Balaban J connectivity index is 0.898. The Hall–Kier alpha value is -6.80. The number of nitrogens with zero attached hydrogens (tertiary/aromatic N) is 2. The number of anilines is 2. The summed E-state index contributed by atoms with van der Waals surface area (Å²) >= 11 is 0. The summed E-state index contributed by atoms with van der Waals surface area (Å²) in [7, 11) is 0. The zero-order valence-corrected chi connectivity index (χ0v) is 31.8. The molecule has 8 rings (SSSR count). The number of nitrogens with one attached hydrogen (secondary N) is 4. The predicted molar refractivity (Wildman–Crippen MR) is 233 cm³/mol. The first-order chi connectivity index (χ1) is 28.1. The highest BCUT2D eigenvalue weighted by Crippen LogP contribution is 2.33. The van der Waals surface area contributed by atoms with Gasteiger partial charge in [0.2, 0.25) is 11.8 Å². The van der Waals surface area contributed by atoms with Crippen LogP contribution in [0.2, 0.25) is 0 Å². The standard InChI is InChI=1S/C49H46N6O2/c56-48(44(32-34-18-4-1-5-19-34)54-46-36-22-8-12-26-40(36)52-41-27-13-9-23-37(41)46)50-30-16-3-17-31-51-49(57)45(33-35-20-6-2-7-21-35)55-47-38-24-10-14-28-42(38)53-43-29-15-11-25-39(43)47/h1-2,4-15,18-29,44-45H,3,16-17,30-33H2,(H,50,56)(H,51,57)(H,52,54)(H,53,55)/t44-,45-/m0/s1. The van der Waals surface area contributed by atoms with E-state index in [-0.39, 0.29) is 11.8 Å². The molecule has 8 nitrogen and oxygen atoms in total. The molecule has 0 saturated carbocycles. The number of carbonyl (C=O) groups excluding carboxylic acids is 2. The molecule has 4 N–H and O–H groups in total. The maximum atomic E-state index is 13.9. The van der Waals surface area contributed by atoms with Crippen molar-refractivity contribution in [2.45, 2.75) is 44.2 Å². The van der Waals surface area contributed by atoms with Crippen LogP contribution in [-0.2, 0) is 22.4 Å². The molecule has 8 heteroatoms. The van der Waals surface area contributed by atoms with E-state index in [1.807, 2.05) is 109 Å². The maximum absolute atomic E-state index is 13.9. The summed E-state index contributed by atoms with van der Waals surface area (Å²) < 4.78 is 0. The van der Waals surface area contributed by atoms with Crippen LogP contribution in [0.25, 0.3) is 43.6 Å². The van der Waals surface area contributed by atoms with Gasteiger partial charge in [-0.15, -0.1) is 0 Å². The minimum Gasteiger partial charge on any atom is -0.372 e. The van der Waals surface area contributed by atoms with Gasteiger partial charge in [-0.05, 0) is 54.7 Å². The van der Waals surface area contributed by atoms with Crippen molar-refractivity contribution in [1.29, 1.82) is 0 Å². The van der Waals surface area contributed by atoms with Gasteiger partial charge in [0.25, 0.3) is 0 Å². The van der Waals surface area contributed by atoms with Crippen LogP contribution in [0.5, 0.6) is 0 Å². The van der Waals surface area contributed by atoms with Gasteiger partial charge in [0, 0.05) is 47.5 Å². The lowest BCUT2D eigenvalue weighted by Gasteiger charge is -2.22. The summed E-state index contributed by atoms with van der Waals surface area (Å²) in [6.07, 6.45) is 3.51. The molecule has 2 amide bonds. The van der Waals surface area contributed by atoms with Crippen molar-refractivity contribution in [2.75, 3.05) is 23.7 Å². The van der Waals surface area contributed by atoms with E-state index < -0.39 is 12.1 Å². The zero-order chi connectivity index (χ0) is 38.8. The van der Waals surface area contributed by atoms with Gasteiger partial charge < -0.3 is 21.3 Å². The van der Waals surface area contributed by atoms with Gasteiger partial charge >= 0.3 is 0 Å². The molecule has 0 unspecified atom stereocenters. The van der Waals surface area contributed by atoms with E-state index in [1.54, 1.807) is 0 Å². The molecule has 8 aromatic rings. The second-order valence-corrected chi connectivity index (χ2v) is 14.5. The number of carbonyl (C=O) groups is 2. The molecule has 0 bridgehead atoms. The van der Waals surface area contributed by atoms with Gasteiger partial charge in [0.15, 0.2) is 0 Å². The van der Waals surface area contributed by atoms with Crippen LogP contribution in [0.15, 0.2) is 158 Å². The first-order valence-corrected chi connectivity index (χ1v) is 19.8. The number of benzene rings is 6. The summed E-state index contributed by atoms with van der Waals surface area (Å²) in [6.45, 7) is 1.08. The van der Waals surface area contributed by atoms with Gasteiger partial charge in [-0.25, -0.2) is 9.97 Å². The summed E-state index contributed by atoms with van der Waals surface area (Å²) in [6, 6.07) is 51.4. The van der Waals surface area contributed by atoms with Crippen molar-refractivity contribution in [1.82, 2.24) is 20.6 Å². The minimum absolute atomic E-state index is 0.0527.